The maximum absolute atomic E-state index is 12.2. The van der Waals surface area contributed by atoms with Crippen molar-refractivity contribution < 1.29 is 9.90 Å². The summed E-state index contributed by atoms with van der Waals surface area (Å²) < 4.78 is 1.93. The number of aliphatic hydroxyl groups excluding tert-OH is 1. The molecule has 0 aromatic carbocycles. The summed E-state index contributed by atoms with van der Waals surface area (Å²) in [6, 6.07) is 3.73. The van der Waals surface area contributed by atoms with Crippen LogP contribution in [0, 0.1) is 0 Å². The van der Waals surface area contributed by atoms with Crippen LogP contribution in [0.3, 0.4) is 0 Å². The molecule has 1 atom stereocenters. The average molecular weight is 222 g/mol. The van der Waals surface area contributed by atoms with Crippen LogP contribution < -0.4 is 0 Å². The molecule has 1 amide bonds. The Morgan fingerprint density at radius 2 is 2.44 bits per heavy atom. The number of aromatic nitrogens is 1. The van der Waals surface area contributed by atoms with E-state index < -0.39 is 0 Å². The lowest BCUT2D eigenvalue weighted by atomic mass is 10.1. The van der Waals surface area contributed by atoms with Crippen LogP contribution in [0.15, 0.2) is 18.3 Å². The number of aryl methyl sites for hydroxylation is 1. The van der Waals surface area contributed by atoms with Crippen molar-refractivity contribution in [2.75, 3.05) is 13.1 Å². The van der Waals surface area contributed by atoms with Gasteiger partial charge in [0.05, 0.1) is 6.10 Å². The van der Waals surface area contributed by atoms with Gasteiger partial charge in [-0.2, -0.15) is 0 Å². The number of aliphatic hydroxyl groups is 1. The Morgan fingerprint density at radius 1 is 1.62 bits per heavy atom. The lowest BCUT2D eigenvalue weighted by molar-refractivity contribution is 0.0465. The Morgan fingerprint density at radius 3 is 3.12 bits per heavy atom. The van der Waals surface area contributed by atoms with Gasteiger partial charge in [0, 0.05) is 25.8 Å². The number of hydrogen-bond acceptors (Lipinski definition) is 2. The predicted octanol–water partition coefficient (Wildman–Crippen LogP) is 1.10. The van der Waals surface area contributed by atoms with E-state index in [2.05, 4.69) is 0 Å². The van der Waals surface area contributed by atoms with Gasteiger partial charge in [-0.15, -0.1) is 0 Å². The summed E-state index contributed by atoms with van der Waals surface area (Å²) in [5.41, 5.74) is 0.719. The summed E-state index contributed by atoms with van der Waals surface area (Å²) in [6.07, 6.45) is 3.24. The third-order valence-corrected chi connectivity index (χ3v) is 3.07. The molecule has 0 radical (unpaired) electrons. The van der Waals surface area contributed by atoms with Crippen LogP contribution in [-0.2, 0) is 6.54 Å². The van der Waals surface area contributed by atoms with Gasteiger partial charge in [0.1, 0.15) is 5.69 Å². The molecule has 0 bridgehead atoms. The summed E-state index contributed by atoms with van der Waals surface area (Å²) >= 11 is 0. The van der Waals surface area contributed by atoms with Crippen molar-refractivity contribution >= 4 is 5.91 Å². The lowest BCUT2D eigenvalue weighted by Crippen LogP contribution is -2.42. The fourth-order valence-corrected chi connectivity index (χ4v) is 2.19. The van der Waals surface area contributed by atoms with Gasteiger partial charge in [-0.05, 0) is 31.9 Å². The van der Waals surface area contributed by atoms with Crippen molar-refractivity contribution in [2.24, 2.45) is 0 Å². The van der Waals surface area contributed by atoms with E-state index in [0.29, 0.717) is 6.54 Å². The van der Waals surface area contributed by atoms with Gasteiger partial charge in [0.15, 0.2) is 0 Å². The highest BCUT2D eigenvalue weighted by Gasteiger charge is 2.24. The SMILES string of the molecule is CCn1cccc1C(=O)N1CCCC(O)C1. The quantitative estimate of drug-likeness (QED) is 0.814. The van der Waals surface area contributed by atoms with Crippen LogP contribution >= 0.6 is 0 Å². The average Bonchev–Trinajstić information content (AvgIpc) is 2.76. The molecule has 0 saturated carbocycles. The fraction of sp³-hybridized carbons (Fsp3) is 0.583. The first-order valence-electron chi connectivity index (χ1n) is 5.85. The van der Waals surface area contributed by atoms with Crippen LogP contribution in [-0.4, -0.2) is 39.7 Å². The normalized spacial score (nSPS) is 21.1. The van der Waals surface area contributed by atoms with E-state index in [1.807, 2.05) is 29.8 Å². The molecule has 0 spiro atoms. The number of piperidine rings is 1. The molecule has 1 aliphatic rings. The highest BCUT2D eigenvalue weighted by atomic mass is 16.3. The van der Waals surface area contributed by atoms with Gasteiger partial charge in [-0.1, -0.05) is 0 Å². The largest absolute Gasteiger partial charge is 0.391 e. The fourth-order valence-electron chi connectivity index (χ4n) is 2.19. The molecule has 1 aromatic heterocycles. The van der Waals surface area contributed by atoms with E-state index in [9.17, 15) is 9.90 Å². The highest BCUT2D eigenvalue weighted by Crippen LogP contribution is 2.14. The number of carbonyl (C=O) groups is 1. The second kappa shape index (κ2) is 4.70. The van der Waals surface area contributed by atoms with Gasteiger partial charge < -0.3 is 14.6 Å². The zero-order valence-corrected chi connectivity index (χ0v) is 9.59. The number of likely N-dealkylation sites (tertiary alicyclic amines) is 1. The zero-order valence-electron chi connectivity index (χ0n) is 9.59. The molecule has 1 fully saturated rings. The number of β-amino-alcohol motifs (C(OH)–C–C–N with tert-alkyl or cyclic N) is 1. The van der Waals surface area contributed by atoms with E-state index in [0.717, 1.165) is 31.6 Å². The van der Waals surface area contributed by atoms with Gasteiger partial charge in [-0.3, -0.25) is 4.79 Å². The summed E-state index contributed by atoms with van der Waals surface area (Å²) in [6.45, 7) is 4.03. The molecule has 1 N–H and O–H groups in total. The molecule has 4 nitrogen and oxygen atoms in total. The summed E-state index contributed by atoms with van der Waals surface area (Å²) in [4.78, 5) is 13.9. The standard InChI is InChI=1S/C12H18N2O2/c1-2-13-7-4-6-11(13)12(16)14-8-3-5-10(15)9-14/h4,6-7,10,15H,2-3,5,8-9H2,1H3. The minimum Gasteiger partial charge on any atom is -0.391 e. The van der Waals surface area contributed by atoms with Gasteiger partial charge in [0.2, 0.25) is 0 Å². The molecule has 2 heterocycles. The molecule has 1 aliphatic heterocycles. The maximum Gasteiger partial charge on any atom is 0.270 e. The number of hydrogen-bond donors (Lipinski definition) is 1. The molecule has 88 valence electrons. The summed E-state index contributed by atoms with van der Waals surface area (Å²) in [7, 11) is 0. The molecule has 2 rings (SSSR count). The van der Waals surface area contributed by atoms with Crippen LogP contribution in [0.25, 0.3) is 0 Å². The van der Waals surface area contributed by atoms with Crippen LogP contribution in [0.1, 0.15) is 30.3 Å². The van der Waals surface area contributed by atoms with Crippen LogP contribution in [0.4, 0.5) is 0 Å². The second-order valence-corrected chi connectivity index (χ2v) is 4.23. The van der Waals surface area contributed by atoms with Crippen LogP contribution in [0.5, 0.6) is 0 Å². The second-order valence-electron chi connectivity index (χ2n) is 4.23. The lowest BCUT2D eigenvalue weighted by Gasteiger charge is -2.30. The molecular formula is C12H18N2O2. The van der Waals surface area contributed by atoms with Crippen molar-refractivity contribution in [1.29, 1.82) is 0 Å². The number of rotatable bonds is 2. The molecule has 1 aromatic rings. The van der Waals surface area contributed by atoms with E-state index in [4.69, 9.17) is 0 Å². The van der Waals surface area contributed by atoms with Crippen molar-refractivity contribution in [3.05, 3.63) is 24.0 Å². The molecule has 16 heavy (non-hydrogen) atoms. The third-order valence-electron chi connectivity index (χ3n) is 3.07. The van der Waals surface area contributed by atoms with Crippen molar-refractivity contribution in [1.82, 2.24) is 9.47 Å². The number of carbonyl (C=O) groups excluding carboxylic acids is 1. The molecular weight excluding hydrogens is 204 g/mol. The van der Waals surface area contributed by atoms with E-state index in [-0.39, 0.29) is 12.0 Å². The minimum atomic E-state index is -0.359. The topological polar surface area (TPSA) is 45.5 Å². The Kier molecular flexibility index (Phi) is 3.29. The van der Waals surface area contributed by atoms with Gasteiger partial charge >= 0.3 is 0 Å². The third kappa shape index (κ3) is 2.11. The van der Waals surface area contributed by atoms with E-state index in [1.54, 1.807) is 4.90 Å². The van der Waals surface area contributed by atoms with Crippen molar-refractivity contribution in [2.45, 2.75) is 32.4 Å². The van der Waals surface area contributed by atoms with Crippen molar-refractivity contribution in [3.63, 3.8) is 0 Å². The predicted molar refractivity (Wildman–Crippen MR) is 61.3 cm³/mol. The molecule has 1 saturated heterocycles. The van der Waals surface area contributed by atoms with E-state index >= 15 is 0 Å². The first-order chi connectivity index (χ1) is 7.72. The Bertz CT molecular complexity index is 373. The smallest absolute Gasteiger partial charge is 0.270 e. The van der Waals surface area contributed by atoms with Crippen LogP contribution in [0.2, 0.25) is 0 Å². The first kappa shape index (κ1) is 11.2. The Hall–Kier alpha value is -1.29. The molecule has 4 heteroatoms. The molecule has 1 unspecified atom stereocenters. The summed E-state index contributed by atoms with van der Waals surface area (Å²) in [5.74, 6) is 0.0330. The summed E-state index contributed by atoms with van der Waals surface area (Å²) in [5, 5.41) is 9.55. The zero-order chi connectivity index (χ0) is 11.5. The maximum atomic E-state index is 12.2. The number of amides is 1. The Labute approximate surface area is 95.5 Å². The molecule has 0 aliphatic carbocycles. The monoisotopic (exact) mass is 222 g/mol. The van der Waals surface area contributed by atoms with E-state index in [1.165, 1.54) is 0 Å². The van der Waals surface area contributed by atoms with Crippen molar-refractivity contribution in [3.8, 4) is 0 Å². The first-order valence-corrected chi connectivity index (χ1v) is 5.85. The minimum absolute atomic E-state index is 0.0330. The number of nitrogens with zero attached hydrogens (tertiary/aromatic N) is 2. The highest BCUT2D eigenvalue weighted by molar-refractivity contribution is 5.92. The Balaban J connectivity index is 2.12. The van der Waals surface area contributed by atoms with Gasteiger partial charge in [0.25, 0.3) is 5.91 Å². The van der Waals surface area contributed by atoms with Gasteiger partial charge in [-0.25, -0.2) is 0 Å².